The van der Waals surface area contributed by atoms with E-state index in [1.807, 2.05) is 0 Å². The maximum atomic E-state index is 5.51. The molecule has 2 atom stereocenters. The smallest absolute Gasteiger partial charge is 0.0668 e. The van der Waals surface area contributed by atoms with Crippen molar-refractivity contribution in [3.63, 3.8) is 0 Å². The molecule has 0 saturated carbocycles. The molecule has 3 heteroatoms. The van der Waals surface area contributed by atoms with Gasteiger partial charge in [-0.25, -0.2) is 0 Å². The largest absolute Gasteiger partial charge is 0.382 e. The Balaban J connectivity index is 1.85. The number of aryl methyl sites for hydroxylation is 1. The zero-order valence-corrected chi connectivity index (χ0v) is 11.3. The van der Waals surface area contributed by atoms with Crippen molar-refractivity contribution in [3.8, 4) is 0 Å². The van der Waals surface area contributed by atoms with Crippen LogP contribution in [0.2, 0.25) is 0 Å². The Hall–Kier alpha value is -1.22. The number of anilines is 2. The van der Waals surface area contributed by atoms with Crippen LogP contribution in [0.25, 0.3) is 0 Å². The average Bonchev–Trinajstić information content (AvgIpc) is 2.39. The normalized spacial score (nSPS) is 27.6. The predicted molar refractivity (Wildman–Crippen MR) is 75.5 cm³/mol. The highest BCUT2D eigenvalue weighted by atomic mass is 16.5. The molecule has 1 fully saturated rings. The molecule has 1 aromatic rings. The first-order valence-electron chi connectivity index (χ1n) is 6.98. The fourth-order valence-electron chi connectivity index (χ4n) is 2.93. The summed E-state index contributed by atoms with van der Waals surface area (Å²) in [5.74, 6) is 0. The summed E-state index contributed by atoms with van der Waals surface area (Å²) in [6, 6.07) is 7.92. The number of hydrogen-bond acceptors (Lipinski definition) is 3. The molecule has 0 aromatic heterocycles. The second-order valence-electron chi connectivity index (χ2n) is 5.54. The molecule has 18 heavy (non-hydrogen) atoms. The molecule has 2 unspecified atom stereocenters. The maximum absolute atomic E-state index is 5.51. The number of rotatable bonds is 1. The molecular weight excluding hydrogens is 224 g/mol. The molecule has 0 aliphatic carbocycles. The number of fused-ring (bicyclic) bond motifs is 1. The predicted octanol–water partition coefficient (Wildman–Crippen LogP) is 2.66. The van der Waals surface area contributed by atoms with Crippen molar-refractivity contribution in [1.29, 1.82) is 0 Å². The Kier molecular flexibility index (Phi) is 3.16. The molecule has 1 N–H and O–H groups in total. The molecule has 0 radical (unpaired) electrons. The van der Waals surface area contributed by atoms with Gasteiger partial charge in [-0.3, -0.25) is 0 Å². The van der Waals surface area contributed by atoms with Gasteiger partial charge in [0, 0.05) is 30.0 Å². The summed E-state index contributed by atoms with van der Waals surface area (Å²) in [7, 11) is 0. The lowest BCUT2D eigenvalue weighted by Gasteiger charge is -2.36. The van der Waals surface area contributed by atoms with Crippen LogP contribution in [-0.4, -0.2) is 31.8 Å². The number of ether oxygens (including phenoxy) is 1. The van der Waals surface area contributed by atoms with Gasteiger partial charge in [0.1, 0.15) is 0 Å². The highest BCUT2D eigenvalue weighted by molar-refractivity contribution is 5.62. The Bertz CT molecular complexity index is 433. The topological polar surface area (TPSA) is 24.5 Å². The third-order valence-electron chi connectivity index (χ3n) is 4.04. The zero-order valence-electron chi connectivity index (χ0n) is 11.3. The zero-order chi connectivity index (χ0) is 12.5. The van der Waals surface area contributed by atoms with Gasteiger partial charge in [-0.1, -0.05) is 0 Å². The molecule has 0 bridgehead atoms. The average molecular weight is 246 g/mol. The van der Waals surface area contributed by atoms with Gasteiger partial charge in [0.25, 0.3) is 0 Å². The van der Waals surface area contributed by atoms with Crippen LogP contribution in [-0.2, 0) is 11.2 Å². The molecule has 98 valence electrons. The van der Waals surface area contributed by atoms with Crippen molar-refractivity contribution in [2.45, 2.75) is 38.8 Å². The summed E-state index contributed by atoms with van der Waals surface area (Å²) in [4.78, 5) is 2.46. The van der Waals surface area contributed by atoms with Gasteiger partial charge in [0.05, 0.1) is 13.2 Å². The third-order valence-corrected chi connectivity index (χ3v) is 4.04. The Morgan fingerprint density at radius 2 is 2.22 bits per heavy atom. The summed E-state index contributed by atoms with van der Waals surface area (Å²) in [5.41, 5.74) is 4.13. The minimum Gasteiger partial charge on any atom is -0.382 e. The Morgan fingerprint density at radius 3 is 3.06 bits per heavy atom. The van der Waals surface area contributed by atoms with E-state index in [1.165, 1.54) is 29.8 Å². The van der Waals surface area contributed by atoms with E-state index in [0.717, 1.165) is 19.8 Å². The van der Waals surface area contributed by atoms with Crippen LogP contribution < -0.4 is 10.2 Å². The third kappa shape index (κ3) is 2.19. The quantitative estimate of drug-likeness (QED) is 0.824. The molecular formula is C15H22N2O. The Labute approximate surface area is 109 Å². The van der Waals surface area contributed by atoms with E-state index in [4.69, 9.17) is 4.74 Å². The molecule has 0 spiro atoms. The van der Waals surface area contributed by atoms with Crippen LogP contribution >= 0.6 is 0 Å². The van der Waals surface area contributed by atoms with Crippen molar-refractivity contribution < 1.29 is 4.74 Å². The standard InChI is InChI=1S/C15H22N2O/c1-11-3-4-13-9-14(5-6-15(13)16-11)17-7-8-18-10-12(17)2/h5-6,9,11-12,16H,3-4,7-8,10H2,1-2H3. The number of morpholine rings is 1. The van der Waals surface area contributed by atoms with E-state index in [-0.39, 0.29) is 0 Å². The van der Waals surface area contributed by atoms with Crippen LogP contribution in [0.4, 0.5) is 11.4 Å². The van der Waals surface area contributed by atoms with Gasteiger partial charge in [-0.15, -0.1) is 0 Å². The highest BCUT2D eigenvalue weighted by Crippen LogP contribution is 2.30. The summed E-state index contributed by atoms with van der Waals surface area (Å²) in [6.45, 7) is 7.17. The Morgan fingerprint density at radius 1 is 1.33 bits per heavy atom. The number of nitrogens with one attached hydrogen (secondary N) is 1. The fraction of sp³-hybridized carbons (Fsp3) is 0.600. The first-order valence-corrected chi connectivity index (χ1v) is 6.98. The van der Waals surface area contributed by atoms with E-state index in [0.29, 0.717) is 12.1 Å². The molecule has 1 saturated heterocycles. The van der Waals surface area contributed by atoms with Crippen LogP contribution in [0.1, 0.15) is 25.8 Å². The van der Waals surface area contributed by atoms with Crippen molar-refractivity contribution in [3.05, 3.63) is 23.8 Å². The highest BCUT2D eigenvalue weighted by Gasteiger charge is 2.21. The van der Waals surface area contributed by atoms with Crippen LogP contribution in [0.5, 0.6) is 0 Å². The monoisotopic (exact) mass is 246 g/mol. The van der Waals surface area contributed by atoms with E-state index in [9.17, 15) is 0 Å². The first-order chi connectivity index (χ1) is 8.74. The van der Waals surface area contributed by atoms with E-state index >= 15 is 0 Å². The summed E-state index contributed by atoms with van der Waals surface area (Å²) in [6.07, 6.45) is 2.42. The number of nitrogens with zero attached hydrogens (tertiary/aromatic N) is 1. The van der Waals surface area contributed by atoms with Crippen LogP contribution in [0.3, 0.4) is 0 Å². The number of hydrogen-bond donors (Lipinski definition) is 1. The van der Waals surface area contributed by atoms with Gasteiger partial charge in [0.15, 0.2) is 0 Å². The van der Waals surface area contributed by atoms with Crippen molar-refractivity contribution in [2.75, 3.05) is 30.0 Å². The lowest BCUT2D eigenvalue weighted by Crippen LogP contribution is -2.43. The first kappa shape index (κ1) is 11.8. The molecule has 3 rings (SSSR count). The minimum atomic E-state index is 0.479. The van der Waals surface area contributed by atoms with Crippen molar-refractivity contribution >= 4 is 11.4 Å². The van der Waals surface area contributed by atoms with Gasteiger partial charge in [-0.2, -0.15) is 0 Å². The van der Waals surface area contributed by atoms with E-state index < -0.39 is 0 Å². The second kappa shape index (κ2) is 4.81. The van der Waals surface area contributed by atoms with Crippen LogP contribution in [0, 0.1) is 0 Å². The van der Waals surface area contributed by atoms with Gasteiger partial charge < -0.3 is 15.0 Å². The molecule has 2 aliphatic rings. The molecule has 3 nitrogen and oxygen atoms in total. The van der Waals surface area contributed by atoms with E-state index in [1.54, 1.807) is 0 Å². The molecule has 1 aromatic carbocycles. The van der Waals surface area contributed by atoms with Crippen molar-refractivity contribution in [1.82, 2.24) is 0 Å². The summed E-state index contributed by atoms with van der Waals surface area (Å²) >= 11 is 0. The molecule has 2 aliphatic heterocycles. The van der Waals surface area contributed by atoms with Gasteiger partial charge in [-0.05, 0) is 50.5 Å². The lowest BCUT2D eigenvalue weighted by atomic mass is 9.98. The summed E-state index contributed by atoms with van der Waals surface area (Å²) in [5, 5.41) is 3.56. The second-order valence-corrected chi connectivity index (χ2v) is 5.54. The summed E-state index contributed by atoms with van der Waals surface area (Å²) < 4.78 is 5.51. The maximum Gasteiger partial charge on any atom is 0.0668 e. The SMILES string of the molecule is CC1CCc2cc(N3CCOCC3C)ccc2N1. The van der Waals surface area contributed by atoms with E-state index in [2.05, 4.69) is 42.3 Å². The number of benzene rings is 1. The van der Waals surface area contributed by atoms with Gasteiger partial charge >= 0.3 is 0 Å². The fourth-order valence-corrected chi connectivity index (χ4v) is 2.93. The molecule has 0 amide bonds. The van der Waals surface area contributed by atoms with Gasteiger partial charge in [0.2, 0.25) is 0 Å². The van der Waals surface area contributed by atoms with Crippen LogP contribution in [0.15, 0.2) is 18.2 Å². The molecule has 2 heterocycles. The van der Waals surface area contributed by atoms with Crippen molar-refractivity contribution in [2.24, 2.45) is 0 Å². The minimum absolute atomic E-state index is 0.479. The lowest BCUT2D eigenvalue weighted by molar-refractivity contribution is 0.0989.